The van der Waals surface area contributed by atoms with E-state index in [1.807, 2.05) is 6.07 Å². The summed E-state index contributed by atoms with van der Waals surface area (Å²) in [7, 11) is 0. The van der Waals surface area contributed by atoms with Crippen LogP contribution in [0, 0.1) is 28.1 Å². The molecule has 4 aromatic heterocycles. The van der Waals surface area contributed by atoms with E-state index in [-0.39, 0.29) is 36.0 Å². The van der Waals surface area contributed by atoms with Gasteiger partial charge >= 0.3 is 0 Å². The maximum absolute atomic E-state index is 14.3. The van der Waals surface area contributed by atoms with Crippen molar-refractivity contribution in [2.45, 2.75) is 31.9 Å². The van der Waals surface area contributed by atoms with E-state index >= 15 is 0 Å². The number of nitrogens with zero attached hydrogens (tertiary/aromatic N) is 6. The first-order valence-electron chi connectivity index (χ1n) is 11.5. The van der Waals surface area contributed by atoms with Crippen molar-refractivity contribution >= 4 is 16.9 Å². The van der Waals surface area contributed by atoms with Gasteiger partial charge in [-0.3, -0.25) is 4.79 Å². The minimum absolute atomic E-state index is 0.0127. The Hall–Kier alpha value is -4.84. The zero-order valence-electron chi connectivity index (χ0n) is 19.2. The quantitative estimate of drug-likeness (QED) is 0.427. The van der Waals surface area contributed by atoms with Crippen molar-refractivity contribution in [2.75, 3.05) is 6.61 Å². The molecule has 0 spiro atoms. The van der Waals surface area contributed by atoms with E-state index in [2.05, 4.69) is 31.4 Å². The molecule has 184 valence electrons. The molecule has 1 aliphatic heterocycles. The Morgan fingerprint density at radius 3 is 2.73 bits per heavy atom. The average Bonchev–Trinajstić information content (AvgIpc) is 3.50. The van der Waals surface area contributed by atoms with Crippen LogP contribution in [0.1, 0.15) is 30.7 Å². The molecule has 1 aliphatic carbocycles. The van der Waals surface area contributed by atoms with Gasteiger partial charge < -0.3 is 15.0 Å². The lowest BCUT2D eigenvalue weighted by Gasteiger charge is -2.26. The van der Waals surface area contributed by atoms with E-state index in [1.54, 1.807) is 30.5 Å². The number of alkyl halides is 2. The van der Waals surface area contributed by atoms with Gasteiger partial charge in [-0.2, -0.15) is 15.6 Å². The third kappa shape index (κ3) is 3.57. The summed E-state index contributed by atoms with van der Waals surface area (Å²) in [5.74, 6) is -0.282. The third-order valence-corrected chi connectivity index (χ3v) is 6.69. The molecule has 5 heterocycles. The molecule has 1 amide bonds. The number of aromatic amines is 1. The molecular weight excluding hydrogens is 482 g/mol. The van der Waals surface area contributed by atoms with E-state index in [1.165, 1.54) is 10.9 Å². The summed E-state index contributed by atoms with van der Waals surface area (Å²) in [4.78, 5) is 24.1. The summed E-state index contributed by atoms with van der Waals surface area (Å²) >= 11 is 0. The van der Waals surface area contributed by atoms with Gasteiger partial charge in [-0.05, 0) is 37.1 Å². The fourth-order valence-corrected chi connectivity index (χ4v) is 4.67. The van der Waals surface area contributed by atoms with Crippen molar-refractivity contribution in [3.63, 3.8) is 0 Å². The summed E-state index contributed by atoms with van der Waals surface area (Å²) in [6.45, 7) is 0.102. The smallest absolute Gasteiger partial charge is 0.282 e. The van der Waals surface area contributed by atoms with Gasteiger partial charge in [0.1, 0.15) is 35.1 Å². The van der Waals surface area contributed by atoms with Crippen LogP contribution in [0.3, 0.4) is 0 Å². The second kappa shape index (κ2) is 8.38. The fourth-order valence-electron chi connectivity index (χ4n) is 4.67. The van der Waals surface area contributed by atoms with E-state index in [0.29, 0.717) is 35.0 Å². The van der Waals surface area contributed by atoms with Crippen molar-refractivity contribution in [3.05, 3.63) is 48.0 Å². The molecule has 0 unspecified atom stereocenters. The van der Waals surface area contributed by atoms with E-state index < -0.39 is 29.5 Å². The molecule has 10 nitrogen and oxygen atoms in total. The molecule has 2 N–H and O–H groups in total. The maximum Gasteiger partial charge on any atom is 0.282 e. The number of H-pyrrole nitrogens is 1. The minimum atomic E-state index is -2.94. The zero-order chi connectivity index (χ0) is 25.7. The van der Waals surface area contributed by atoms with Crippen LogP contribution in [0.25, 0.3) is 33.4 Å². The highest BCUT2D eigenvalue weighted by molar-refractivity contribution is 6.04. The van der Waals surface area contributed by atoms with Gasteiger partial charge in [-0.25, -0.2) is 23.4 Å². The third-order valence-electron chi connectivity index (χ3n) is 6.69. The highest BCUT2D eigenvalue weighted by Crippen LogP contribution is 2.47. The number of fused-ring (bicyclic) bond motifs is 2. The molecule has 12 heteroatoms. The Bertz CT molecular complexity index is 1640. The molecule has 4 aromatic rings. The van der Waals surface area contributed by atoms with Crippen molar-refractivity contribution in [2.24, 2.45) is 5.41 Å². The predicted octanol–water partition coefficient (Wildman–Crippen LogP) is 3.48. The number of amides is 1. The second-order valence-electron chi connectivity index (χ2n) is 9.01. The molecule has 2 aliphatic rings. The number of aromatic nitrogens is 5. The first-order valence-corrected chi connectivity index (χ1v) is 11.5. The minimum Gasteiger partial charge on any atom is -0.475 e. The number of hydrogen-bond donors (Lipinski definition) is 2. The van der Waals surface area contributed by atoms with Gasteiger partial charge in [0, 0.05) is 28.9 Å². The number of pyridine rings is 2. The molecule has 1 saturated carbocycles. The van der Waals surface area contributed by atoms with Crippen LogP contribution in [0.15, 0.2) is 36.7 Å². The van der Waals surface area contributed by atoms with Crippen molar-refractivity contribution in [3.8, 4) is 40.4 Å². The Morgan fingerprint density at radius 2 is 2.00 bits per heavy atom. The summed E-state index contributed by atoms with van der Waals surface area (Å²) in [5.41, 5.74) is 0.303. The van der Waals surface area contributed by atoms with Crippen molar-refractivity contribution in [1.29, 1.82) is 10.5 Å². The lowest BCUT2D eigenvalue weighted by Crippen LogP contribution is -2.47. The van der Waals surface area contributed by atoms with Crippen LogP contribution >= 0.6 is 0 Å². The van der Waals surface area contributed by atoms with Crippen LogP contribution in [-0.2, 0) is 11.3 Å². The molecular formula is C25H18F2N8O2. The number of halogens is 2. The SMILES string of the molecule is N#Cc1ncccc1-c1c(-c2c(C(F)F)nn3c2OC[C@@H](NC(=O)C2(C#N)CC2)C3)[nH]c2ncccc12. The number of rotatable bonds is 5. The van der Waals surface area contributed by atoms with E-state index in [9.17, 15) is 24.1 Å². The monoisotopic (exact) mass is 500 g/mol. The highest BCUT2D eigenvalue weighted by Gasteiger charge is 2.51. The molecule has 0 aromatic carbocycles. The predicted molar refractivity (Wildman–Crippen MR) is 125 cm³/mol. The second-order valence-corrected chi connectivity index (χ2v) is 9.01. The molecule has 1 fully saturated rings. The molecule has 37 heavy (non-hydrogen) atoms. The molecule has 6 rings (SSSR count). The summed E-state index contributed by atoms with van der Waals surface area (Å²) in [5, 5.41) is 26.5. The standard InChI is InChI=1S/C25H18F2N8O2/c26-21(27)20-18(23-35(34-20)10-13(11-37-23)32-24(36)25(12-29)5-6-25)19-17(14-3-1-7-30-16(14)9-28)15-4-2-8-31-22(15)33-19/h1-4,7-8,13,21H,5-6,10-11H2,(H,31,33)(H,32,36)/t13-/m0/s1. The van der Waals surface area contributed by atoms with Crippen molar-refractivity contribution in [1.82, 2.24) is 30.0 Å². The van der Waals surface area contributed by atoms with Gasteiger partial charge in [-0.1, -0.05) is 0 Å². The van der Waals surface area contributed by atoms with Crippen LogP contribution in [0.2, 0.25) is 0 Å². The van der Waals surface area contributed by atoms with Crippen LogP contribution < -0.4 is 10.1 Å². The zero-order valence-corrected chi connectivity index (χ0v) is 19.2. The fraction of sp³-hybridized carbons (Fsp3) is 0.280. The summed E-state index contributed by atoms with van der Waals surface area (Å²) in [6.07, 6.45) is 1.10. The topological polar surface area (TPSA) is 145 Å². The van der Waals surface area contributed by atoms with Crippen LogP contribution in [0.5, 0.6) is 5.88 Å². The highest BCUT2D eigenvalue weighted by atomic mass is 19.3. The average molecular weight is 500 g/mol. The largest absolute Gasteiger partial charge is 0.475 e. The molecule has 0 saturated heterocycles. The summed E-state index contributed by atoms with van der Waals surface area (Å²) < 4.78 is 35.9. The lowest BCUT2D eigenvalue weighted by molar-refractivity contribution is -0.125. The number of carbonyl (C=O) groups is 1. The number of hydrogen-bond acceptors (Lipinski definition) is 7. The van der Waals surface area contributed by atoms with Crippen LogP contribution in [-0.4, -0.2) is 43.3 Å². The van der Waals surface area contributed by atoms with Gasteiger partial charge in [0.15, 0.2) is 0 Å². The lowest BCUT2D eigenvalue weighted by atomic mass is 9.97. The van der Waals surface area contributed by atoms with Gasteiger partial charge in [0.2, 0.25) is 11.8 Å². The van der Waals surface area contributed by atoms with Gasteiger partial charge in [0.25, 0.3) is 6.43 Å². The van der Waals surface area contributed by atoms with Crippen LogP contribution in [0.4, 0.5) is 8.78 Å². The Morgan fingerprint density at radius 1 is 1.22 bits per heavy atom. The summed E-state index contributed by atoms with van der Waals surface area (Å²) in [6, 6.07) is 10.4. The Kier molecular flexibility index (Phi) is 5.12. The first kappa shape index (κ1) is 22.6. The molecule has 0 bridgehead atoms. The van der Waals surface area contributed by atoms with E-state index in [0.717, 1.165) is 0 Å². The Labute approximate surface area is 208 Å². The van der Waals surface area contributed by atoms with Gasteiger partial charge in [0.05, 0.1) is 29.9 Å². The number of ether oxygens (including phenoxy) is 1. The maximum atomic E-state index is 14.3. The normalized spacial score (nSPS) is 17.5. The number of nitriles is 2. The van der Waals surface area contributed by atoms with Crippen molar-refractivity contribution < 1.29 is 18.3 Å². The Balaban J connectivity index is 1.48. The molecule has 1 atom stereocenters. The van der Waals surface area contributed by atoms with E-state index in [4.69, 9.17) is 4.74 Å². The first-order chi connectivity index (χ1) is 18.0. The number of carbonyl (C=O) groups excluding carboxylic acids is 1. The molecule has 0 radical (unpaired) electrons. The number of nitrogens with one attached hydrogen (secondary N) is 2. The van der Waals surface area contributed by atoms with Gasteiger partial charge in [-0.15, -0.1) is 0 Å².